The maximum atomic E-state index is 12.6. The molecule has 2 heterocycles. The number of nitrogens with zero attached hydrogens (tertiary/aromatic N) is 2. The third-order valence-electron chi connectivity index (χ3n) is 3.80. The lowest BCUT2D eigenvalue weighted by atomic mass is 10.1. The van der Waals surface area contributed by atoms with Gasteiger partial charge in [0.15, 0.2) is 0 Å². The molecule has 1 aromatic carbocycles. The highest BCUT2D eigenvalue weighted by Crippen LogP contribution is 2.24. The van der Waals surface area contributed by atoms with Gasteiger partial charge in [-0.15, -0.1) is 0 Å². The largest absolute Gasteiger partial charge is 0.396 e. The number of fused-ring (bicyclic) bond motifs is 1. The van der Waals surface area contributed by atoms with Gasteiger partial charge >= 0.3 is 0 Å². The molecule has 1 aliphatic heterocycles. The maximum Gasteiger partial charge on any atom is 0.254 e. The van der Waals surface area contributed by atoms with E-state index in [1.54, 1.807) is 11.0 Å². The average Bonchev–Trinajstić information content (AvgIpc) is 2.94. The molecule has 20 heavy (non-hydrogen) atoms. The molecule has 1 aromatic heterocycles. The number of aliphatic hydroxyl groups excluding tert-OH is 1. The standard InChI is InChI=1S/C15H17N3O2/c16-14-7-12(11-3-1-2-4-13(11)17-14)15(20)18-6-5-10(8-18)9-19/h1-4,7,10,19H,5-6,8-9H2,(H2,16,17). The van der Waals surface area contributed by atoms with Crippen LogP contribution in [0.1, 0.15) is 16.8 Å². The first-order valence-corrected chi connectivity index (χ1v) is 6.74. The molecule has 3 rings (SSSR count). The van der Waals surface area contributed by atoms with Gasteiger partial charge in [0.1, 0.15) is 5.82 Å². The van der Waals surface area contributed by atoms with Gasteiger partial charge in [0.25, 0.3) is 5.91 Å². The molecule has 1 amide bonds. The van der Waals surface area contributed by atoms with E-state index >= 15 is 0 Å². The first-order chi connectivity index (χ1) is 9.69. The van der Waals surface area contributed by atoms with Crippen molar-refractivity contribution < 1.29 is 9.90 Å². The van der Waals surface area contributed by atoms with Crippen LogP contribution < -0.4 is 5.73 Å². The Labute approximate surface area is 117 Å². The van der Waals surface area contributed by atoms with Crippen molar-refractivity contribution >= 4 is 22.6 Å². The third kappa shape index (κ3) is 2.20. The first kappa shape index (κ1) is 12.9. The van der Waals surface area contributed by atoms with Crippen molar-refractivity contribution in [1.82, 2.24) is 9.88 Å². The Bertz CT molecular complexity index is 657. The molecule has 1 aliphatic rings. The number of pyridine rings is 1. The number of aromatic nitrogens is 1. The molecule has 0 spiro atoms. The second-order valence-corrected chi connectivity index (χ2v) is 5.20. The zero-order chi connectivity index (χ0) is 14.1. The second-order valence-electron chi connectivity index (χ2n) is 5.20. The molecule has 0 radical (unpaired) electrons. The van der Waals surface area contributed by atoms with E-state index in [9.17, 15) is 9.90 Å². The van der Waals surface area contributed by atoms with Gasteiger partial charge in [-0.1, -0.05) is 18.2 Å². The topological polar surface area (TPSA) is 79.5 Å². The fourth-order valence-corrected chi connectivity index (χ4v) is 2.71. The lowest BCUT2D eigenvalue weighted by Crippen LogP contribution is -2.29. The Balaban J connectivity index is 1.99. The quantitative estimate of drug-likeness (QED) is 0.862. The molecule has 0 bridgehead atoms. The van der Waals surface area contributed by atoms with Crippen LogP contribution in [0, 0.1) is 5.92 Å². The van der Waals surface area contributed by atoms with Crippen molar-refractivity contribution in [2.75, 3.05) is 25.4 Å². The summed E-state index contributed by atoms with van der Waals surface area (Å²) in [6.45, 7) is 1.41. The van der Waals surface area contributed by atoms with Crippen LogP contribution in [0.3, 0.4) is 0 Å². The number of anilines is 1. The van der Waals surface area contributed by atoms with Crippen LogP contribution in [0.15, 0.2) is 30.3 Å². The molecule has 5 heteroatoms. The Morgan fingerprint density at radius 3 is 3.00 bits per heavy atom. The number of nitrogens with two attached hydrogens (primary N) is 1. The number of carbonyl (C=O) groups is 1. The van der Waals surface area contributed by atoms with Crippen molar-refractivity contribution in [2.24, 2.45) is 5.92 Å². The fourth-order valence-electron chi connectivity index (χ4n) is 2.71. The van der Waals surface area contributed by atoms with E-state index in [0.717, 1.165) is 17.3 Å². The van der Waals surface area contributed by atoms with E-state index in [1.165, 1.54) is 0 Å². The first-order valence-electron chi connectivity index (χ1n) is 6.74. The summed E-state index contributed by atoms with van der Waals surface area (Å²) in [6.07, 6.45) is 0.848. The number of aliphatic hydroxyl groups is 1. The Hall–Kier alpha value is -2.14. The van der Waals surface area contributed by atoms with Gasteiger partial charge in [0.2, 0.25) is 0 Å². The van der Waals surface area contributed by atoms with Crippen LogP contribution in [0.25, 0.3) is 10.9 Å². The summed E-state index contributed by atoms with van der Waals surface area (Å²) in [5, 5.41) is 10.0. The SMILES string of the molecule is Nc1cc(C(=O)N2CCC(CO)C2)c2ccccc2n1. The minimum Gasteiger partial charge on any atom is -0.396 e. The fraction of sp³-hybridized carbons (Fsp3) is 0.333. The summed E-state index contributed by atoms with van der Waals surface area (Å²) in [6, 6.07) is 9.13. The molecular formula is C15H17N3O2. The number of hydrogen-bond acceptors (Lipinski definition) is 4. The number of para-hydroxylation sites is 1. The minimum absolute atomic E-state index is 0.0359. The number of likely N-dealkylation sites (tertiary alicyclic amines) is 1. The van der Waals surface area contributed by atoms with Crippen molar-refractivity contribution in [1.29, 1.82) is 0 Å². The van der Waals surface area contributed by atoms with Gasteiger partial charge < -0.3 is 15.7 Å². The van der Waals surface area contributed by atoms with E-state index in [1.807, 2.05) is 24.3 Å². The van der Waals surface area contributed by atoms with Crippen LogP contribution in [0.4, 0.5) is 5.82 Å². The third-order valence-corrected chi connectivity index (χ3v) is 3.80. The van der Waals surface area contributed by atoms with Crippen LogP contribution >= 0.6 is 0 Å². The summed E-state index contributed by atoms with van der Waals surface area (Å²) < 4.78 is 0. The van der Waals surface area contributed by atoms with Crippen molar-refractivity contribution in [3.63, 3.8) is 0 Å². The molecule has 0 saturated carbocycles. The highest BCUT2D eigenvalue weighted by atomic mass is 16.3. The monoisotopic (exact) mass is 271 g/mol. The van der Waals surface area contributed by atoms with Crippen molar-refractivity contribution in [3.05, 3.63) is 35.9 Å². The average molecular weight is 271 g/mol. The smallest absolute Gasteiger partial charge is 0.254 e. The summed E-state index contributed by atoms with van der Waals surface area (Å²) in [5.74, 6) is 0.501. The van der Waals surface area contributed by atoms with Crippen molar-refractivity contribution in [3.8, 4) is 0 Å². The number of amides is 1. The van der Waals surface area contributed by atoms with Gasteiger partial charge in [0.05, 0.1) is 11.1 Å². The lowest BCUT2D eigenvalue weighted by molar-refractivity contribution is 0.0784. The van der Waals surface area contributed by atoms with Crippen LogP contribution in [0.5, 0.6) is 0 Å². The predicted octanol–water partition coefficient (Wildman–Crippen LogP) is 1.27. The molecule has 1 saturated heterocycles. The Morgan fingerprint density at radius 2 is 2.25 bits per heavy atom. The van der Waals surface area contributed by atoms with E-state index in [-0.39, 0.29) is 18.4 Å². The van der Waals surface area contributed by atoms with Crippen LogP contribution in [-0.2, 0) is 0 Å². The molecule has 1 atom stereocenters. The van der Waals surface area contributed by atoms with Gasteiger partial charge in [-0.3, -0.25) is 4.79 Å². The van der Waals surface area contributed by atoms with Crippen LogP contribution in [-0.4, -0.2) is 40.6 Å². The molecule has 2 aromatic rings. The molecule has 1 unspecified atom stereocenters. The predicted molar refractivity (Wildman–Crippen MR) is 77.3 cm³/mol. The number of benzene rings is 1. The second kappa shape index (κ2) is 5.09. The maximum absolute atomic E-state index is 12.6. The van der Waals surface area contributed by atoms with Gasteiger partial charge in [-0.25, -0.2) is 4.98 Å². The van der Waals surface area contributed by atoms with E-state index in [2.05, 4.69) is 4.98 Å². The zero-order valence-electron chi connectivity index (χ0n) is 11.1. The van der Waals surface area contributed by atoms with Crippen LogP contribution in [0.2, 0.25) is 0 Å². The van der Waals surface area contributed by atoms with E-state index < -0.39 is 0 Å². The highest BCUT2D eigenvalue weighted by Gasteiger charge is 2.27. The number of hydrogen-bond donors (Lipinski definition) is 2. The zero-order valence-corrected chi connectivity index (χ0v) is 11.1. The molecule has 3 N–H and O–H groups in total. The number of rotatable bonds is 2. The van der Waals surface area contributed by atoms with Gasteiger partial charge in [-0.05, 0) is 18.6 Å². The Morgan fingerprint density at radius 1 is 1.45 bits per heavy atom. The van der Waals surface area contributed by atoms with E-state index in [0.29, 0.717) is 24.5 Å². The highest BCUT2D eigenvalue weighted by molar-refractivity contribution is 6.06. The summed E-state index contributed by atoms with van der Waals surface area (Å²) in [5.41, 5.74) is 7.11. The lowest BCUT2D eigenvalue weighted by Gasteiger charge is -2.17. The summed E-state index contributed by atoms with van der Waals surface area (Å²) >= 11 is 0. The van der Waals surface area contributed by atoms with Gasteiger partial charge in [-0.2, -0.15) is 0 Å². The summed E-state index contributed by atoms with van der Waals surface area (Å²) in [4.78, 5) is 18.7. The minimum atomic E-state index is -0.0359. The van der Waals surface area contributed by atoms with Crippen molar-refractivity contribution in [2.45, 2.75) is 6.42 Å². The number of nitrogen functional groups attached to an aromatic ring is 1. The molecule has 1 fully saturated rings. The summed E-state index contributed by atoms with van der Waals surface area (Å²) in [7, 11) is 0. The van der Waals surface area contributed by atoms with Gasteiger partial charge in [0, 0.05) is 31.0 Å². The molecule has 104 valence electrons. The van der Waals surface area contributed by atoms with E-state index in [4.69, 9.17) is 5.73 Å². The number of carbonyl (C=O) groups excluding carboxylic acids is 1. The Kier molecular flexibility index (Phi) is 3.28. The molecular weight excluding hydrogens is 254 g/mol. The normalized spacial score (nSPS) is 18.6. The molecule has 5 nitrogen and oxygen atoms in total. The molecule has 0 aliphatic carbocycles.